The van der Waals surface area contributed by atoms with Crippen LogP contribution >= 0.6 is 11.3 Å². The molecule has 3 rings (SSSR count). The van der Waals surface area contributed by atoms with E-state index in [-0.39, 0.29) is 30.3 Å². The van der Waals surface area contributed by atoms with E-state index < -0.39 is 0 Å². The molecule has 1 saturated carbocycles. The lowest BCUT2D eigenvalue weighted by Crippen LogP contribution is -2.49. The van der Waals surface area contributed by atoms with Gasteiger partial charge >= 0.3 is 0 Å². The van der Waals surface area contributed by atoms with Crippen molar-refractivity contribution in [1.82, 2.24) is 9.80 Å². The van der Waals surface area contributed by atoms with Crippen LogP contribution in [0.25, 0.3) is 0 Å². The van der Waals surface area contributed by atoms with E-state index in [1.807, 2.05) is 41.8 Å². The number of thiophene rings is 1. The van der Waals surface area contributed by atoms with Gasteiger partial charge in [-0.25, -0.2) is 0 Å². The molecule has 0 atom stereocenters. The highest BCUT2D eigenvalue weighted by Gasteiger charge is 2.30. The summed E-state index contributed by atoms with van der Waals surface area (Å²) in [5.74, 6) is 0.0373. The van der Waals surface area contributed by atoms with Crippen LogP contribution in [0.4, 0.5) is 0 Å². The van der Waals surface area contributed by atoms with Crippen molar-refractivity contribution in [1.29, 1.82) is 0 Å². The van der Waals surface area contributed by atoms with E-state index in [9.17, 15) is 9.59 Å². The summed E-state index contributed by atoms with van der Waals surface area (Å²) >= 11 is 1.69. The summed E-state index contributed by atoms with van der Waals surface area (Å²) in [5.41, 5.74) is 2.33. The van der Waals surface area contributed by atoms with Gasteiger partial charge in [-0.15, -0.1) is 11.3 Å². The lowest BCUT2D eigenvalue weighted by molar-refractivity contribution is -0.145. The molecule has 0 N–H and O–H groups in total. The van der Waals surface area contributed by atoms with Gasteiger partial charge in [0.05, 0.1) is 6.54 Å². The number of carbonyl (C=O) groups excluding carboxylic acids is 2. The number of carbonyl (C=O) groups is 2. The highest BCUT2D eigenvalue weighted by molar-refractivity contribution is 7.10. The zero-order chi connectivity index (χ0) is 21.5. The summed E-state index contributed by atoms with van der Waals surface area (Å²) in [6.07, 6.45) is 5.53. The highest BCUT2D eigenvalue weighted by atomic mass is 32.1. The SMILES string of the molecule is Cc1ccsc1CN(Cc1ccccc1)C(=O)CN(C(=O)C(C)C)C1CCCCC1. The van der Waals surface area contributed by atoms with Crippen LogP contribution in [0.3, 0.4) is 0 Å². The van der Waals surface area contributed by atoms with Crippen LogP contribution in [0.15, 0.2) is 41.8 Å². The molecule has 1 fully saturated rings. The fourth-order valence-corrected chi connectivity index (χ4v) is 5.05. The van der Waals surface area contributed by atoms with Gasteiger partial charge < -0.3 is 9.80 Å². The van der Waals surface area contributed by atoms with Crippen molar-refractivity contribution in [2.45, 2.75) is 72.0 Å². The Kier molecular flexibility index (Phi) is 8.08. The molecular formula is C25H34N2O2S. The maximum atomic E-state index is 13.5. The minimum absolute atomic E-state index is 0.0335. The zero-order valence-electron chi connectivity index (χ0n) is 18.5. The third-order valence-corrected chi connectivity index (χ3v) is 6.98. The van der Waals surface area contributed by atoms with Gasteiger partial charge in [-0.3, -0.25) is 9.59 Å². The lowest BCUT2D eigenvalue weighted by atomic mass is 9.93. The zero-order valence-corrected chi connectivity index (χ0v) is 19.3. The molecule has 5 heteroatoms. The van der Waals surface area contributed by atoms with Gasteiger partial charge in [-0.05, 0) is 42.3 Å². The Hall–Kier alpha value is -2.14. The second-order valence-electron chi connectivity index (χ2n) is 8.67. The first-order valence-electron chi connectivity index (χ1n) is 11.1. The van der Waals surface area contributed by atoms with Crippen molar-refractivity contribution in [2.75, 3.05) is 6.54 Å². The van der Waals surface area contributed by atoms with E-state index >= 15 is 0 Å². The van der Waals surface area contributed by atoms with Crippen molar-refractivity contribution in [3.63, 3.8) is 0 Å². The molecule has 1 aliphatic rings. The standard InChI is InChI=1S/C25H34N2O2S/c1-19(2)25(29)27(22-12-8-5-9-13-22)18-24(28)26(16-21-10-6-4-7-11-21)17-23-20(3)14-15-30-23/h4,6-7,10-11,14-15,19,22H,5,8-9,12-13,16-18H2,1-3H3. The quantitative estimate of drug-likeness (QED) is 0.567. The summed E-state index contributed by atoms with van der Waals surface area (Å²) in [6.45, 7) is 7.28. The summed E-state index contributed by atoms with van der Waals surface area (Å²) in [6, 6.07) is 12.4. The Balaban J connectivity index is 1.80. The number of hydrogen-bond donors (Lipinski definition) is 0. The van der Waals surface area contributed by atoms with Gasteiger partial charge in [0.15, 0.2) is 0 Å². The van der Waals surface area contributed by atoms with Crippen LogP contribution in [0.1, 0.15) is 62.0 Å². The number of benzene rings is 1. The van der Waals surface area contributed by atoms with Crippen molar-refractivity contribution < 1.29 is 9.59 Å². The second-order valence-corrected chi connectivity index (χ2v) is 9.68. The number of nitrogens with zero attached hydrogens (tertiary/aromatic N) is 2. The molecule has 0 spiro atoms. The topological polar surface area (TPSA) is 40.6 Å². The van der Waals surface area contributed by atoms with Crippen LogP contribution in [0.5, 0.6) is 0 Å². The van der Waals surface area contributed by atoms with Crippen molar-refractivity contribution in [2.24, 2.45) is 5.92 Å². The molecule has 0 unspecified atom stereocenters. The predicted octanol–water partition coefficient (Wildman–Crippen LogP) is 5.40. The number of amides is 2. The van der Waals surface area contributed by atoms with Crippen LogP contribution in [0, 0.1) is 12.8 Å². The summed E-state index contributed by atoms with van der Waals surface area (Å²) in [5, 5.41) is 2.08. The minimum Gasteiger partial charge on any atom is -0.332 e. The van der Waals surface area contributed by atoms with Gasteiger partial charge in [0, 0.05) is 23.4 Å². The molecule has 0 bridgehead atoms. The first-order chi connectivity index (χ1) is 14.5. The Morgan fingerprint density at radius 1 is 1.03 bits per heavy atom. The van der Waals surface area contributed by atoms with E-state index in [1.165, 1.54) is 16.9 Å². The van der Waals surface area contributed by atoms with Crippen molar-refractivity contribution >= 4 is 23.2 Å². The molecule has 1 heterocycles. The minimum atomic E-state index is -0.0955. The molecule has 30 heavy (non-hydrogen) atoms. The summed E-state index contributed by atoms with van der Waals surface area (Å²) in [4.78, 5) is 31.5. The largest absolute Gasteiger partial charge is 0.332 e. The second kappa shape index (κ2) is 10.8. The first kappa shape index (κ1) is 22.5. The number of hydrogen-bond acceptors (Lipinski definition) is 3. The van der Waals surface area contributed by atoms with Gasteiger partial charge in [0.1, 0.15) is 6.54 Å². The molecule has 2 aromatic rings. The summed E-state index contributed by atoms with van der Waals surface area (Å²) in [7, 11) is 0. The Morgan fingerprint density at radius 3 is 2.33 bits per heavy atom. The molecule has 1 aromatic heterocycles. The molecule has 4 nitrogen and oxygen atoms in total. The molecule has 0 aliphatic heterocycles. The third-order valence-electron chi connectivity index (χ3n) is 5.97. The Morgan fingerprint density at radius 2 is 1.73 bits per heavy atom. The van der Waals surface area contributed by atoms with E-state index in [0.717, 1.165) is 31.2 Å². The monoisotopic (exact) mass is 426 g/mol. The van der Waals surface area contributed by atoms with E-state index in [2.05, 4.69) is 30.5 Å². The summed E-state index contributed by atoms with van der Waals surface area (Å²) < 4.78 is 0. The molecule has 0 saturated heterocycles. The van der Waals surface area contributed by atoms with E-state index in [1.54, 1.807) is 11.3 Å². The van der Waals surface area contributed by atoms with Crippen LogP contribution in [-0.4, -0.2) is 34.2 Å². The third kappa shape index (κ3) is 5.94. The fourth-order valence-electron chi connectivity index (χ4n) is 4.13. The number of aryl methyl sites for hydroxylation is 1. The number of rotatable bonds is 8. The Labute approximate surface area is 184 Å². The fraction of sp³-hybridized carbons (Fsp3) is 0.520. The average molecular weight is 427 g/mol. The average Bonchev–Trinajstić information content (AvgIpc) is 3.16. The van der Waals surface area contributed by atoms with Crippen molar-refractivity contribution in [3.8, 4) is 0 Å². The first-order valence-corrected chi connectivity index (χ1v) is 12.0. The molecule has 1 aliphatic carbocycles. The van der Waals surface area contributed by atoms with Crippen LogP contribution < -0.4 is 0 Å². The normalized spacial score (nSPS) is 14.7. The van der Waals surface area contributed by atoms with Crippen LogP contribution in [-0.2, 0) is 22.7 Å². The predicted molar refractivity (Wildman–Crippen MR) is 123 cm³/mol. The smallest absolute Gasteiger partial charge is 0.242 e. The van der Waals surface area contributed by atoms with Crippen LogP contribution in [0.2, 0.25) is 0 Å². The van der Waals surface area contributed by atoms with Gasteiger partial charge in [-0.1, -0.05) is 63.4 Å². The van der Waals surface area contributed by atoms with Gasteiger partial charge in [0.2, 0.25) is 11.8 Å². The molecule has 1 aromatic carbocycles. The van der Waals surface area contributed by atoms with E-state index in [4.69, 9.17) is 0 Å². The van der Waals surface area contributed by atoms with E-state index in [0.29, 0.717) is 13.1 Å². The molecule has 0 radical (unpaired) electrons. The van der Waals surface area contributed by atoms with Gasteiger partial charge in [-0.2, -0.15) is 0 Å². The highest BCUT2D eigenvalue weighted by Crippen LogP contribution is 2.25. The molecule has 162 valence electrons. The maximum absolute atomic E-state index is 13.5. The lowest BCUT2D eigenvalue weighted by Gasteiger charge is -2.36. The molecule has 2 amide bonds. The molecular weight excluding hydrogens is 392 g/mol. The van der Waals surface area contributed by atoms with Crippen molar-refractivity contribution in [3.05, 3.63) is 57.8 Å². The Bertz CT molecular complexity index is 825. The maximum Gasteiger partial charge on any atom is 0.242 e. The van der Waals surface area contributed by atoms with Gasteiger partial charge in [0.25, 0.3) is 0 Å².